The van der Waals surface area contributed by atoms with Crippen molar-refractivity contribution >= 4 is 28.6 Å². The predicted octanol–water partition coefficient (Wildman–Crippen LogP) is 3.56. The second kappa shape index (κ2) is 6.45. The molecule has 4 nitrogen and oxygen atoms in total. The maximum atomic E-state index is 11.7. The summed E-state index contributed by atoms with van der Waals surface area (Å²) < 4.78 is 8.56. The number of hydrogen-bond donors (Lipinski definition) is 0. The molecule has 2 rings (SSSR count). The number of carbonyl (C=O) groups excluding carboxylic acids is 1. The summed E-state index contributed by atoms with van der Waals surface area (Å²) >= 11 is 2.25. The van der Waals surface area contributed by atoms with Crippen molar-refractivity contribution in [2.24, 2.45) is 5.92 Å². The number of ether oxygens (including phenoxy) is 1. The molecule has 112 valence electrons. The van der Waals surface area contributed by atoms with Gasteiger partial charge in [-0.15, -0.1) is 0 Å². The van der Waals surface area contributed by atoms with Gasteiger partial charge in [0.1, 0.15) is 15.1 Å². The lowest BCUT2D eigenvalue weighted by atomic mass is 10.2. The summed E-state index contributed by atoms with van der Waals surface area (Å²) in [6, 6.07) is 0. The SMILES string of the molecule is CC(C)(C)OC(=O)CCCn1cc(I)nc1CC1CC1. The van der Waals surface area contributed by atoms with E-state index in [0.29, 0.717) is 6.42 Å². The topological polar surface area (TPSA) is 44.1 Å². The number of halogens is 1. The van der Waals surface area contributed by atoms with Gasteiger partial charge in [-0.3, -0.25) is 4.79 Å². The number of carbonyl (C=O) groups is 1. The van der Waals surface area contributed by atoms with Crippen LogP contribution < -0.4 is 0 Å². The van der Waals surface area contributed by atoms with E-state index in [2.05, 4.69) is 38.3 Å². The first-order valence-corrected chi connectivity index (χ1v) is 8.35. The minimum atomic E-state index is -0.390. The summed E-state index contributed by atoms with van der Waals surface area (Å²) in [6.45, 7) is 6.54. The maximum absolute atomic E-state index is 11.7. The highest BCUT2D eigenvalue weighted by Gasteiger charge is 2.24. The van der Waals surface area contributed by atoms with Crippen LogP contribution in [0.25, 0.3) is 0 Å². The average molecular weight is 390 g/mol. The van der Waals surface area contributed by atoms with Gasteiger partial charge < -0.3 is 9.30 Å². The molecule has 0 N–H and O–H groups in total. The zero-order valence-electron chi connectivity index (χ0n) is 12.5. The molecule has 0 spiro atoms. The van der Waals surface area contributed by atoms with Gasteiger partial charge in [0, 0.05) is 25.6 Å². The lowest BCUT2D eigenvalue weighted by Gasteiger charge is -2.19. The lowest BCUT2D eigenvalue weighted by Crippen LogP contribution is -2.23. The van der Waals surface area contributed by atoms with Crippen LogP contribution in [0, 0.1) is 9.62 Å². The molecule has 0 atom stereocenters. The van der Waals surface area contributed by atoms with Gasteiger partial charge in [-0.25, -0.2) is 4.98 Å². The van der Waals surface area contributed by atoms with E-state index >= 15 is 0 Å². The Bertz CT molecular complexity index is 473. The molecule has 0 aliphatic heterocycles. The zero-order chi connectivity index (χ0) is 14.8. The van der Waals surface area contributed by atoms with Crippen molar-refractivity contribution in [1.82, 2.24) is 9.55 Å². The molecule has 0 radical (unpaired) electrons. The minimum absolute atomic E-state index is 0.115. The first kappa shape index (κ1) is 15.8. The largest absolute Gasteiger partial charge is 0.460 e. The third-order valence-electron chi connectivity index (χ3n) is 3.20. The number of imidazole rings is 1. The van der Waals surface area contributed by atoms with Crippen LogP contribution in [-0.4, -0.2) is 21.1 Å². The molecule has 1 aliphatic carbocycles. The fourth-order valence-electron chi connectivity index (χ4n) is 2.14. The highest BCUT2D eigenvalue weighted by molar-refractivity contribution is 14.1. The summed E-state index contributed by atoms with van der Waals surface area (Å²) in [5.74, 6) is 1.88. The van der Waals surface area contributed by atoms with Gasteiger partial charge in [-0.2, -0.15) is 0 Å². The smallest absolute Gasteiger partial charge is 0.306 e. The first-order chi connectivity index (χ1) is 9.33. The fourth-order valence-corrected chi connectivity index (χ4v) is 2.76. The normalized spacial score (nSPS) is 15.4. The summed E-state index contributed by atoms with van der Waals surface area (Å²) in [7, 11) is 0. The van der Waals surface area contributed by atoms with Crippen molar-refractivity contribution < 1.29 is 9.53 Å². The number of esters is 1. The van der Waals surface area contributed by atoms with Crippen LogP contribution in [0.2, 0.25) is 0 Å². The summed E-state index contributed by atoms with van der Waals surface area (Å²) in [5.41, 5.74) is -0.390. The summed E-state index contributed by atoms with van der Waals surface area (Å²) in [6.07, 6.45) is 7.10. The first-order valence-electron chi connectivity index (χ1n) is 7.27. The average Bonchev–Trinajstić information content (AvgIpc) is 3.01. The predicted molar refractivity (Wildman–Crippen MR) is 86.5 cm³/mol. The van der Waals surface area contributed by atoms with Gasteiger partial charge in [0.15, 0.2) is 0 Å². The van der Waals surface area contributed by atoms with E-state index in [0.717, 1.165) is 29.0 Å². The molecule has 0 unspecified atom stereocenters. The highest BCUT2D eigenvalue weighted by atomic mass is 127. The molecule has 5 heteroatoms. The molecule has 1 heterocycles. The van der Waals surface area contributed by atoms with Crippen LogP contribution in [0.15, 0.2) is 6.20 Å². The van der Waals surface area contributed by atoms with Gasteiger partial charge in [0.25, 0.3) is 0 Å². The van der Waals surface area contributed by atoms with E-state index in [1.165, 1.54) is 18.7 Å². The van der Waals surface area contributed by atoms with Crippen LogP contribution in [-0.2, 0) is 22.5 Å². The Labute approximate surface area is 134 Å². The Morgan fingerprint density at radius 3 is 2.80 bits per heavy atom. The molecule has 0 aromatic carbocycles. The van der Waals surface area contributed by atoms with E-state index in [1.807, 2.05) is 20.8 Å². The van der Waals surface area contributed by atoms with Gasteiger partial charge in [-0.1, -0.05) is 0 Å². The summed E-state index contributed by atoms with van der Waals surface area (Å²) in [4.78, 5) is 16.3. The van der Waals surface area contributed by atoms with E-state index in [4.69, 9.17) is 4.74 Å². The molecule has 1 aromatic rings. The number of aryl methyl sites for hydroxylation is 1. The number of aromatic nitrogens is 2. The highest BCUT2D eigenvalue weighted by Crippen LogP contribution is 2.32. The Hall–Kier alpha value is -0.590. The summed E-state index contributed by atoms with van der Waals surface area (Å²) in [5, 5.41) is 0. The molecule has 1 saturated carbocycles. The molecule has 0 amide bonds. The van der Waals surface area contributed by atoms with E-state index in [-0.39, 0.29) is 5.97 Å². The van der Waals surface area contributed by atoms with Crippen molar-refractivity contribution in [1.29, 1.82) is 0 Å². The Balaban J connectivity index is 1.80. The van der Waals surface area contributed by atoms with Crippen molar-refractivity contribution in [3.63, 3.8) is 0 Å². The second-order valence-corrected chi connectivity index (χ2v) is 7.62. The van der Waals surface area contributed by atoms with Crippen LogP contribution in [0.4, 0.5) is 0 Å². The lowest BCUT2D eigenvalue weighted by molar-refractivity contribution is -0.154. The number of nitrogens with zero attached hydrogens (tertiary/aromatic N) is 2. The fraction of sp³-hybridized carbons (Fsp3) is 0.733. The molecule has 0 bridgehead atoms. The molecule has 1 fully saturated rings. The van der Waals surface area contributed by atoms with Crippen LogP contribution >= 0.6 is 22.6 Å². The van der Waals surface area contributed by atoms with Gasteiger partial charge in [0.05, 0.1) is 0 Å². The van der Waals surface area contributed by atoms with Crippen LogP contribution in [0.3, 0.4) is 0 Å². The Morgan fingerprint density at radius 2 is 2.20 bits per heavy atom. The van der Waals surface area contributed by atoms with Gasteiger partial charge in [-0.05, 0) is 68.5 Å². The number of hydrogen-bond acceptors (Lipinski definition) is 3. The standard InChI is InChI=1S/C15H23IN2O2/c1-15(2,3)20-14(19)5-4-8-18-10-12(16)17-13(18)9-11-6-7-11/h10-11H,4-9H2,1-3H3. The number of rotatable bonds is 6. The quantitative estimate of drug-likeness (QED) is 0.551. The van der Waals surface area contributed by atoms with Gasteiger partial charge in [0.2, 0.25) is 0 Å². The van der Waals surface area contributed by atoms with Crippen molar-refractivity contribution in [3.8, 4) is 0 Å². The van der Waals surface area contributed by atoms with Crippen LogP contribution in [0.1, 0.15) is 52.3 Å². The molecule has 1 aromatic heterocycles. The van der Waals surface area contributed by atoms with Crippen molar-refractivity contribution in [2.45, 2.75) is 65.0 Å². The molecular weight excluding hydrogens is 367 g/mol. The van der Waals surface area contributed by atoms with E-state index in [1.54, 1.807) is 0 Å². The second-order valence-electron chi connectivity index (χ2n) is 6.51. The molecule has 0 saturated heterocycles. The maximum Gasteiger partial charge on any atom is 0.306 e. The van der Waals surface area contributed by atoms with E-state index < -0.39 is 5.60 Å². The molecule has 20 heavy (non-hydrogen) atoms. The third kappa shape index (κ3) is 5.42. The van der Waals surface area contributed by atoms with Gasteiger partial charge >= 0.3 is 5.97 Å². The minimum Gasteiger partial charge on any atom is -0.460 e. The Kier molecular flexibility index (Phi) is 5.09. The van der Waals surface area contributed by atoms with Crippen LogP contribution in [0.5, 0.6) is 0 Å². The monoisotopic (exact) mass is 390 g/mol. The molecular formula is C15H23IN2O2. The van der Waals surface area contributed by atoms with Crippen molar-refractivity contribution in [3.05, 3.63) is 15.7 Å². The van der Waals surface area contributed by atoms with Crippen molar-refractivity contribution in [2.75, 3.05) is 0 Å². The van der Waals surface area contributed by atoms with E-state index in [9.17, 15) is 4.79 Å². The zero-order valence-corrected chi connectivity index (χ0v) is 14.6. The molecule has 1 aliphatic rings. The Morgan fingerprint density at radius 1 is 1.50 bits per heavy atom. The third-order valence-corrected chi connectivity index (χ3v) is 3.72.